The fraction of sp³-hybridized carbons (Fsp3) is 0.375. The Morgan fingerprint density at radius 3 is 2.92 bits per heavy atom. The zero-order chi connectivity index (χ0) is 18.4. The number of amides is 1. The zero-order valence-electron chi connectivity index (χ0n) is 14.3. The summed E-state index contributed by atoms with van der Waals surface area (Å²) in [6.45, 7) is 3.92. The molecule has 10 nitrogen and oxygen atoms in total. The number of nitrogens with one attached hydrogen (secondary N) is 1. The number of imidazole rings is 1. The van der Waals surface area contributed by atoms with Crippen molar-refractivity contribution in [3.05, 3.63) is 41.0 Å². The van der Waals surface area contributed by atoms with Crippen LogP contribution < -0.4 is 0 Å². The highest BCUT2D eigenvalue weighted by Crippen LogP contribution is 2.21. The molecule has 0 fully saturated rings. The first-order chi connectivity index (χ1) is 12.4. The van der Waals surface area contributed by atoms with Gasteiger partial charge in [0.05, 0.1) is 30.7 Å². The first-order valence-corrected chi connectivity index (χ1v) is 8.15. The molecule has 0 radical (unpaired) electrons. The second-order valence-corrected chi connectivity index (χ2v) is 6.36. The summed E-state index contributed by atoms with van der Waals surface area (Å²) in [6.07, 6.45) is 1.60. The van der Waals surface area contributed by atoms with Crippen molar-refractivity contribution < 1.29 is 14.7 Å². The van der Waals surface area contributed by atoms with E-state index >= 15 is 0 Å². The van der Waals surface area contributed by atoms with E-state index < -0.39 is 12.0 Å². The van der Waals surface area contributed by atoms with E-state index in [0.717, 1.165) is 17.1 Å². The molecule has 134 valence electrons. The lowest BCUT2D eigenvalue weighted by molar-refractivity contribution is -0.151. The van der Waals surface area contributed by atoms with Crippen molar-refractivity contribution >= 4 is 17.7 Å². The summed E-state index contributed by atoms with van der Waals surface area (Å²) >= 11 is 0. The fourth-order valence-electron chi connectivity index (χ4n) is 3.24. The molecule has 2 N–H and O–H groups in total. The minimum Gasteiger partial charge on any atom is -0.480 e. The highest BCUT2D eigenvalue weighted by atomic mass is 16.4. The van der Waals surface area contributed by atoms with E-state index in [1.54, 1.807) is 4.52 Å². The van der Waals surface area contributed by atoms with Gasteiger partial charge in [-0.15, -0.1) is 5.10 Å². The number of aromatic amines is 1. The zero-order valence-corrected chi connectivity index (χ0v) is 14.3. The number of rotatable bonds is 3. The molecule has 0 saturated carbocycles. The second-order valence-electron chi connectivity index (χ2n) is 6.36. The Bertz CT molecular complexity index is 1020. The van der Waals surface area contributed by atoms with Crippen molar-refractivity contribution in [1.29, 1.82) is 0 Å². The molecule has 4 rings (SSSR count). The van der Waals surface area contributed by atoms with Crippen LogP contribution in [0.4, 0.5) is 0 Å². The number of aliphatic carboxylic acids is 1. The lowest BCUT2D eigenvalue weighted by Crippen LogP contribution is -2.49. The predicted molar refractivity (Wildman–Crippen MR) is 88.2 cm³/mol. The lowest BCUT2D eigenvalue weighted by Gasteiger charge is -2.32. The summed E-state index contributed by atoms with van der Waals surface area (Å²) in [5.41, 5.74) is 3.12. The van der Waals surface area contributed by atoms with Gasteiger partial charge >= 0.3 is 5.97 Å². The average Bonchev–Trinajstić information content (AvgIpc) is 3.19. The number of aromatic nitrogens is 6. The average molecular weight is 355 g/mol. The Morgan fingerprint density at radius 2 is 2.15 bits per heavy atom. The number of fused-ring (bicyclic) bond motifs is 2. The van der Waals surface area contributed by atoms with Gasteiger partial charge in [-0.25, -0.2) is 19.3 Å². The maximum Gasteiger partial charge on any atom is 0.326 e. The van der Waals surface area contributed by atoms with Gasteiger partial charge in [0.15, 0.2) is 5.82 Å². The second kappa shape index (κ2) is 5.90. The molecule has 4 heterocycles. The summed E-state index contributed by atoms with van der Waals surface area (Å²) in [7, 11) is 0. The molecular weight excluding hydrogens is 338 g/mol. The largest absolute Gasteiger partial charge is 0.480 e. The third-order valence-electron chi connectivity index (χ3n) is 4.48. The van der Waals surface area contributed by atoms with Gasteiger partial charge in [-0.1, -0.05) is 0 Å². The molecule has 0 saturated heterocycles. The van der Waals surface area contributed by atoms with Crippen molar-refractivity contribution in [3.63, 3.8) is 0 Å². The van der Waals surface area contributed by atoms with Crippen molar-refractivity contribution in [3.8, 4) is 0 Å². The van der Waals surface area contributed by atoms with E-state index in [1.807, 2.05) is 19.9 Å². The van der Waals surface area contributed by atoms with Crippen LogP contribution in [-0.2, 0) is 29.0 Å². The van der Waals surface area contributed by atoms with E-state index in [1.165, 1.54) is 11.2 Å². The van der Waals surface area contributed by atoms with Gasteiger partial charge < -0.3 is 15.0 Å². The Hall–Kier alpha value is -3.30. The molecule has 10 heteroatoms. The number of carboxylic acids is 1. The van der Waals surface area contributed by atoms with Gasteiger partial charge in [0.2, 0.25) is 5.91 Å². The van der Waals surface area contributed by atoms with E-state index in [9.17, 15) is 14.7 Å². The van der Waals surface area contributed by atoms with Crippen LogP contribution in [0.5, 0.6) is 0 Å². The summed E-state index contributed by atoms with van der Waals surface area (Å²) in [6, 6.07) is 0.926. The lowest BCUT2D eigenvalue weighted by atomic mass is 10.0. The van der Waals surface area contributed by atoms with Gasteiger partial charge in [0.25, 0.3) is 5.78 Å². The van der Waals surface area contributed by atoms with E-state index in [2.05, 4.69) is 25.0 Å². The normalized spacial score (nSPS) is 16.7. The third-order valence-corrected chi connectivity index (χ3v) is 4.48. The standard InChI is InChI=1S/C16H17N7O3/c1-8-3-9(2)23-16(19-8)20-13(21-23)5-14(24)22-6-11-10(17-7-18-11)4-12(22)15(25)26/h3,7,12H,4-6H2,1-2H3,(H,17,18)(H,25,26). The van der Waals surface area contributed by atoms with Crippen LogP contribution in [0.2, 0.25) is 0 Å². The first-order valence-electron chi connectivity index (χ1n) is 8.15. The summed E-state index contributed by atoms with van der Waals surface area (Å²) in [5.74, 6) is -0.656. The van der Waals surface area contributed by atoms with Crippen LogP contribution in [-0.4, -0.2) is 57.5 Å². The minimum absolute atomic E-state index is 0.0882. The molecule has 1 aliphatic heterocycles. The minimum atomic E-state index is -1.05. The van der Waals surface area contributed by atoms with Gasteiger partial charge in [0, 0.05) is 17.8 Å². The number of hydrogen-bond donors (Lipinski definition) is 2. The molecule has 0 bridgehead atoms. The molecule has 3 aromatic rings. The van der Waals surface area contributed by atoms with E-state index in [0.29, 0.717) is 17.3 Å². The van der Waals surface area contributed by atoms with Crippen molar-refractivity contribution in [1.82, 2.24) is 34.4 Å². The van der Waals surface area contributed by atoms with Gasteiger partial charge in [-0.05, 0) is 19.9 Å². The molecular formula is C16H17N7O3. The summed E-state index contributed by atoms with van der Waals surface area (Å²) < 4.78 is 1.58. The number of nitrogens with zero attached hydrogens (tertiary/aromatic N) is 6. The Kier molecular flexibility index (Phi) is 3.67. The fourth-order valence-corrected chi connectivity index (χ4v) is 3.24. The van der Waals surface area contributed by atoms with Crippen molar-refractivity contribution in [2.75, 3.05) is 0 Å². The maximum atomic E-state index is 12.8. The van der Waals surface area contributed by atoms with E-state index in [-0.39, 0.29) is 25.3 Å². The molecule has 0 aliphatic carbocycles. The molecule has 0 spiro atoms. The Labute approximate surface area is 147 Å². The van der Waals surface area contributed by atoms with Crippen LogP contribution in [0.15, 0.2) is 12.4 Å². The molecule has 1 amide bonds. The molecule has 0 aromatic carbocycles. The molecule has 26 heavy (non-hydrogen) atoms. The summed E-state index contributed by atoms with van der Waals surface area (Å²) in [5, 5.41) is 13.8. The Morgan fingerprint density at radius 1 is 1.35 bits per heavy atom. The van der Waals surface area contributed by atoms with Crippen LogP contribution in [0.25, 0.3) is 5.78 Å². The first kappa shape index (κ1) is 16.2. The van der Waals surface area contributed by atoms with Crippen LogP contribution in [0, 0.1) is 13.8 Å². The highest BCUT2D eigenvalue weighted by Gasteiger charge is 2.36. The maximum absolute atomic E-state index is 12.8. The predicted octanol–water partition coefficient (Wildman–Crippen LogP) is 0.0448. The highest BCUT2D eigenvalue weighted by molar-refractivity contribution is 5.85. The van der Waals surface area contributed by atoms with Crippen LogP contribution in [0.1, 0.15) is 28.6 Å². The third kappa shape index (κ3) is 2.68. The van der Waals surface area contributed by atoms with E-state index in [4.69, 9.17) is 0 Å². The van der Waals surface area contributed by atoms with Crippen LogP contribution >= 0.6 is 0 Å². The number of carbonyl (C=O) groups is 2. The number of aryl methyl sites for hydroxylation is 2. The molecule has 1 unspecified atom stereocenters. The Balaban J connectivity index is 1.61. The topological polar surface area (TPSA) is 129 Å². The SMILES string of the molecule is Cc1cc(C)n2nc(CC(=O)N3Cc4[nH]cnc4CC3C(=O)O)nc2n1. The monoisotopic (exact) mass is 355 g/mol. The van der Waals surface area contributed by atoms with Crippen molar-refractivity contribution in [2.45, 2.75) is 39.3 Å². The number of carbonyl (C=O) groups excluding carboxylic acids is 1. The van der Waals surface area contributed by atoms with Crippen LogP contribution in [0.3, 0.4) is 0 Å². The molecule has 1 aliphatic rings. The molecule has 1 atom stereocenters. The van der Waals surface area contributed by atoms with Crippen molar-refractivity contribution in [2.24, 2.45) is 0 Å². The number of hydrogen-bond acceptors (Lipinski definition) is 6. The number of H-pyrrole nitrogens is 1. The quantitative estimate of drug-likeness (QED) is 0.679. The molecule has 3 aromatic heterocycles. The van der Waals surface area contributed by atoms with Gasteiger partial charge in [-0.2, -0.15) is 4.98 Å². The smallest absolute Gasteiger partial charge is 0.326 e. The summed E-state index contributed by atoms with van der Waals surface area (Å²) in [4.78, 5) is 41.4. The number of carboxylic acid groups (broad SMARTS) is 1. The van der Waals surface area contributed by atoms with Gasteiger partial charge in [0.1, 0.15) is 6.04 Å². The van der Waals surface area contributed by atoms with Gasteiger partial charge in [-0.3, -0.25) is 4.79 Å².